The highest BCUT2D eigenvalue weighted by molar-refractivity contribution is 4.95. The molecule has 1 saturated carbocycles. The standard InChI is InChI=1S/C12H24N2O/c1-9-4-2-3-7-14(9)11(8-15)12(13)10-5-6-10/h9-12,15H,2-8,13H2,1H3. The molecule has 0 amide bonds. The highest BCUT2D eigenvalue weighted by Gasteiger charge is 2.38. The zero-order valence-electron chi connectivity index (χ0n) is 9.73. The summed E-state index contributed by atoms with van der Waals surface area (Å²) < 4.78 is 0. The van der Waals surface area contributed by atoms with E-state index in [2.05, 4.69) is 11.8 Å². The molecule has 1 heterocycles. The molecule has 3 N–H and O–H groups in total. The second-order valence-corrected chi connectivity index (χ2v) is 5.25. The minimum Gasteiger partial charge on any atom is -0.395 e. The third kappa shape index (κ3) is 2.52. The van der Waals surface area contributed by atoms with Gasteiger partial charge in [0.05, 0.1) is 6.61 Å². The Hall–Kier alpha value is -0.120. The number of aliphatic hydroxyl groups is 1. The molecule has 3 nitrogen and oxygen atoms in total. The summed E-state index contributed by atoms with van der Waals surface area (Å²) >= 11 is 0. The maximum Gasteiger partial charge on any atom is 0.0602 e. The largest absolute Gasteiger partial charge is 0.395 e. The summed E-state index contributed by atoms with van der Waals surface area (Å²) in [4.78, 5) is 2.44. The number of aliphatic hydroxyl groups excluding tert-OH is 1. The van der Waals surface area contributed by atoms with Gasteiger partial charge in [0.1, 0.15) is 0 Å². The van der Waals surface area contributed by atoms with Crippen LogP contribution in [0.3, 0.4) is 0 Å². The Morgan fingerprint density at radius 2 is 2.07 bits per heavy atom. The number of nitrogens with zero attached hydrogens (tertiary/aromatic N) is 1. The van der Waals surface area contributed by atoms with Gasteiger partial charge in [-0.1, -0.05) is 6.42 Å². The number of hydrogen-bond acceptors (Lipinski definition) is 3. The fourth-order valence-corrected chi connectivity index (χ4v) is 2.86. The molecule has 1 saturated heterocycles. The van der Waals surface area contributed by atoms with Gasteiger partial charge < -0.3 is 10.8 Å². The van der Waals surface area contributed by atoms with Crippen molar-refractivity contribution in [3.05, 3.63) is 0 Å². The van der Waals surface area contributed by atoms with Crippen LogP contribution in [0.4, 0.5) is 0 Å². The summed E-state index contributed by atoms with van der Waals surface area (Å²) in [6.45, 7) is 3.61. The number of nitrogens with two attached hydrogens (primary N) is 1. The van der Waals surface area contributed by atoms with E-state index in [-0.39, 0.29) is 18.7 Å². The lowest BCUT2D eigenvalue weighted by molar-refractivity contribution is 0.0464. The van der Waals surface area contributed by atoms with Crippen molar-refractivity contribution in [1.82, 2.24) is 4.90 Å². The van der Waals surface area contributed by atoms with Gasteiger partial charge in [-0.3, -0.25) is 4.90 Å². The van der Waals surface area contributed by atoms with E-state index in [9.17, 15) is 5.11 Å². The van der Waals surface area contributed by atoms with Crippen molar-refractivity contribution in [3.8, 4) is 0 Å². The summed E-state index contributed by atoms with van der Waals surface area (Å²) in [6, 6.07) is 0.990. The van der Waals surface area contributed by atoms with Crippen LogP contribution in [0.2, 0.25) is 0 Å². The van der Waals surface area contributed by atoms with Crippen LogP contribution in [-0.2, 0) is 0 Å². The van der Waals surface area contributed by atoms with E-state index in [1.54, 1.807) is 0 Å². The highest BCUT2D eigenvalue weighted by atomic mass is 16.3. The van der Waals surface area contributed by atoms with Crippen molar-refractivity contribution in [2.45, 2.75) is 57.2 Å². The Kier molecular flexibility index (Phi) is 3.65. The third-order valence-electron chi connectivity index (χ3n) is 4.08. The van der Waals surface area contributed by atoms with Gasteiger partial charge in [-0.2, -0.15) is 0 Å². The SMILES string of the molecule is CC1CCCCN1C(CO)C(N)C1CC1. The van der Waals surface area contributed by atoms with Crippen LogP contribution in [0.15, 0.2) is 0 Å². The number of likely N-dealkylation sites (tertiary alicyclic amines) is 1. The first-order valence-electron chi connectivity index (χ1n) is 6.36. The van der Waals surface area contributed by atoms with Crippen LogP contribution < -0.4 is 5.73 Å². The quantitative estimate of drug-likeness (QED) is 0.730. The first-order valence-corrected chi connectivity index (χ1v) is 6.36. The van der Waals surface area contributed by atoms with Gasteiger partial charge in [0.25, 0.3) is 0 Å². The molecule has 2 rings (SSSR count). The van der Waals surface area contributed by atoms with Crippen LogP contribution in [0.25, 0.3) is 0 Å². The fourth-order valence-electron chi connectivity index (χ4n) is 2.86. The molecule has 0 radical (unpaired) electrons. The smallest absolute Gasteiger partial charge is 0.0602 e. The van der Waals surface area contributed by atoms with E-state index in [0.29, 0.717) is 12.0 Å². The molecule has 88 valence electrons. The average molecular weight is 212 g/mol. The van der Waals surface area contributed by atoms with Crippen LogP contribution in [0, 0.1) is 5.92 Å². The van der Waals surface area contributed by atoms with E-state index >= 15 is 0 Å². The zero-order chi connectivity index (χ0) is 10.8. The van der Waals surface area contributed by atoms with Crippen molar-refractivity contribution in [1.29, 1.82) is 0 Å². The normalized spacial score (nSPS) is 32.6. The zero-order valence-corrected chi connectivity index (χ0v) is 9.73. The molecule has 2 aliphatic rings. The molecule has 0 aromatic carbocycles. The Labute approximate surface area is 92.6 Å². The van der Waals surface area contributed by atoms with Gasteiger partial charge in [-0.05, 0) is 45.1 Å². The van der Waals surface area contributed by atoms with Crippen LogP contribution in [-0.4, -0.2) is 41.3 Å². The second kappa shape index (κ2) is 4.81. The first kappa shape index (κ1) is 11.4. The maximum absolute atomic E-state index is 9.52. The molecule has 0 spiro atoms. The Morgan fingerprint density at radius 3 is 2.60 bits per heavy atom. The van der Waals surface area contributed by atoms with Gasteiger partial charge in [-0.25, -0.2) is 0 Å². The number of piperidine rings is 1. The van der Waals surface area contributed by atoms with E-state index in [1.165, 1.54) is 32.1 Å². The molecular weight excluding hydrogens is 188 g/mol. The molecule has 3 heteroatoms. The highest BCUT2D eigenvalue weighted by Crippen LogP contribution is 2.35. The van der Waals surface area contributed by atoms with E-state index in [0.717, 1.165) is 6.54 Å². The summed E-state index contributed by atoms with van der Waals surface area (Å²) in [5, 5.41) is 9.52. The molecule has 1 aliphatic carbocycles. The Bertz CT molecular complexity index is 206. The lowest BCUT2D eigenvalue weighted by Gasteiger charge is -2.41. The van der Waals surface area contributed by atoms with E-state index in [1.807, 2.05) is 0 Å². The summed E-state index contributed by atoms with van der Waals surface area (Å²) in [5.74, 6) is 0.677. The lowest BCUT2D eigenvalue weighted by Crippen LogP contribution is -2.55. The van der Waals surface area contributed by atoms with Crippen molar-refractivity contribution in [3.63, 3.8) is 0 Å². The molecule has 2 fully saturated rings. The predicted molar refractivity (Wildman–Crippen MR) is 61.6 cm³/mol. The molecule has 3 atom stereocenters. The van der Waals surface area contributed by atoms with Crippen molar-refractivity contribution in [2.24, 2.45) is 11.7 Å². The van der Waals surface area contributed by atoms with E-state index in [4.69, 9.17) is 5.73 Å². The molecule has 1 aliphatic heterocycles. The van der Waals surface area contributed by atoms with E-state index < -0.39 is 0 Å². The maximum atomic E-state index is 9.52. The van der Waals surface area contributed by atoms with Gasteiger partial charge in [0.2, 0.25) is 0 Å². The third-order valence-corrected chi connectivity index (χ3v) is 4.08. The Balaban J connectivity index is 1.96. The van der Waals surface area contributed by atoms with Gasteiger partial charge in [-0.15, -0.1) is 0 Å². The Morgan fingerprint density at radius 1 is 1.33 bits per heavy atom. The van der Waals surface area contributed by atoms with Crippen molar-refractivity contribution < 1.29 is 5.11 Å². The predicted octanol–water partition coefficient (Wildman–Crippen LogP) is 0.959. The lowest BCUT2D eigenvalue weighted by atomic mass is 9.96. The van der Waals surface area contributed by atoms with Crippen molar-refractivity contribution >= 4 is 0 Å². The number of rotatable bonds is 4. The molecule has 3 unspecified atom stereocenters. The van der Waals surface area contributed by atoms with Gasteiger partial charge in [0.15, 0.2) is 0 Å². The molecule has 15 heavy (non-hydrogen) atoms. The molecule has 0 bridgehead atoms. The van der Waals surface area contributed by atoms with Crippen LogP contribution in [0.5, 0.6) is 0 Å². The van der Waals surface area contributed by atoms with Gasteiger partial charge in [0, 0.05) is 18.1 Å². The first-order chi connectivity index (χ1) is 7.24. The summed E-state index contributed by atoms with van der Waals surface area (Å²) in [7, 11) is 0. The van der Waals surface area contributed by atoms with Gasteiger partial charge >= 0.3 is 0 Å². The summed E-state index contributed by atoms with van der Waals surface area (Å²) in [5.41, 5.74) is 6.23. The monoisotopic (exact) mass is 212 g/mol. The minimum absolute atomic E-state index is 0.190. The molecular formula is C12H24N2O. The topological polar surface area (TPSA) is 49.5 Å². The van der Waals surface area contributed by atoms with Crippen LogP contribution >= 0.6 is 0 Å². The number of hydrogen-bond donors (Lipinski definition) is 2. The molecule has 0 aromatic rings. The summed E-state index contributed by atoms with van der Waals surface area (Å²) in [6.07, 6.45) is 6.38. The average Bonchev–Trinajstić information content (AvgIpc) is 3.05. The van der Waals surface area contributed by atoms with Crippen molar-refractivity contribution in [2.75, 3.05) is 13.2 Å². The van der Waals surface area contributed by atoms with Crippen LogP contribution in [0.1, 0.15) is 39.0 Å². The fraction of sp³-hybridized carbons (Fsp3) is 1.00. The minimum atomic E-state index is 0.190. The second-order valence-electron chi connectivity index (χ2n) is 5.25. The molecule has 0 aromatic heterocycles.